The lowest BCUT2D eigenvalue weighted by atomic mass is 10.0. The highest BCUT2D eigenvalue weighted by Gasteiger charge is 2.22. The van der Waals surface area contributed by atoms with E-state index in [0.717, 1.165) is 58.2 Å². The van der Waals surface area contributed by atoms with E-state index in [0.29, 0.717) is 12.2 Å². The highest BCUT2D eigenvalue weighted by molar-refractivity contribution is 5.62. The Morgan fingerprint density at radius 1 is 1.07 bits per heavy atom. The number of hydrogen-bond acceptors (Lipinski definition) is 7. The quantitative estimate of drug-likeness (QED) is 0.561. The van der Waals surface area contributed by atoms with Gasteiger partial charge in [-0.15, -0.1) is 15.3 Å². The lowest BCUT2D eigenvalue weighted by molar-refractivity contribution is 0.624. The van der Waals surface area contributed by atoms with Crippen molar-refractivity contribution < 1.29 is 4.39 Å². The van der Waals surface area contributed by atoms with E-state index in [2.05, 4.69) is 37.3 Å². The van der Waals surface area contributed by atoms with Crippen LogP contribution in [0.5, 0.6) is 0 Å². The maximum absolute atomic E-state index is 14.1. The molecule has 9 heteroatoms. The zero-order valence-corrected chi connectivity index (χ0v) is 17.0. The van der Waals surface area contributed by atoms with Gasteiger partial charge >= 0.3 is 0 Å². The van der Waals surface area contributed by atoms with Gasteiger partial charge in [0.25, 0.3) is 0 Å². The number of nitrogens with one attached hydrogen (secondary N) is 1. The second kappa shape index (κ2) is 7.01. The number of anilines is 3. The van der Waals surface area contributed by atoms with Gasteiger partial charge in [-0.25, -0.2) is 4.39 Å². The maximum atomic E-state index is 14.1. The van der Waals surface area contributed by atoms with Crippen molar-refractivity contribution in [1.29, 1.82) is 0 Å². The molecule has 0 aromatic carbocycles. The van der Waals surface area contributed by atoms with Gasteiger partial charge in [0.2, 0.25) is 0 Å². The Hall–Kier alpha value is -3.62. The third-order valence-electron chi connectivity index (χ3n) is 5.58. The summed E-state index contributed by atoms with van der Waals surface area (Å²) in [5.41, 5.74) is 6.98. The summed E-state index contributed by atoms with van der Waals surface area (Å²) in [7, 11) is 0. The molecule has 0 amide bonds. The first-order valence-corrected chi connectivity index (χ1v) is 9.79. The standard InChI is InChI=1S/C21H21FN8/c1-12-6-19(17(22)9-23-12)26-16-7-15-10-29(5-4-18(15)24-8-16)21-14(3)13(2)20-27-25-11-30(20)28-21/h6-9,11H,4-5,10H2,1-3H3,(H,23,26). The van der Waals surface area contributed by atoms with Crippen LogP contribution in [0.4, 0.5) is 21.6 Å². The fraction of sp³-hybridized carbons (Fsp3) is 0.286. The molecule has 0 bridgehead atoms. The van der Waals surface area contributed by atoms with Gasteiger partial charge in [0.05, 0.1) is 23.8 Å². The largest absolute Gasteiger partial charge is 0.352 e. The SMILES string of the molecule is Cc1cc(Nc2cnc3c(c2)CN(c2nn4cnnc4c(C)c2C)CC3)c(F)cn1. The van der Waals surface area contributed by atoms with E-state index >= 15 is 0 Å². The highest BCUT2D eigenvalue weighted by Crippen LogP contribution is 2.29. The Morgan fingerprint density at radius 3 is 2.80 bits per heavy atom. The summed E-state index contributed by atoms with van der Waals surface area (Å²) in [5.74, 6) is 0.525. The molecule has 0 spiro atoms. The number of aromatic nitrogens is 6. The number of fused-ring (bicyclic) bond motifs is 2. The van der Waals surface area contributed by atoms with Gasteiger partial charge in [-0.3, -0.25) is 9.97 Å². The van der Waals surface area contributed by atoms with Crippen LogP contribution in [-0.4, -0.2) is 36.3 Å². The van der Waals surface area contributed by atoms with Crippen LogP contribution in [0.3, 0.4) is 0 Å². The van der Waals surface area contributed by atoms with E-state index in [1.54, 1.807) is 23.1 Å². The first-order valence-electron chi connectivity index (χ1n) is 9.79. The summed E-state index contributed by atoms with van der Waals surface area (Å²) in [6, 6.07) is 3.72. The van der Waals surface area contributed by atoms with Crippen LogP contribution >= 0.6 is 0 Å². The van der Waals surface area contributed by atoms with Gasteiger partial charge in [-0.1, -0.05) is 0 Å². The minimum absolute atomic E-state index is 0.391. The summed E-state index contributed by atoms with van der Waals surface area (Å²) in [4.78, 5) is 10.8. The van der Waals surface area contributed by atoms with Crippen molar-refractivity contribution in [3.05, 3.63) is 64.7 Å². The molecule has 0 atom stereocenters. The van der Waals surface area contributed by atoms with Gasteiger partial charge < -0.3 is 10.2 Å². The van der Waals surface area contributed by atoms with Crippen molar-refractivity contribution in [2.24, 2.45) is 0 Å². The Morgan fingerprint density at radius 2 is 1.93 bits per heavy atom. The molecule has 8 nitrogen and oxygen atoms in total. The Kier molecular flexibility index (Phi) is 4.30. The molecule has 0 unspecified atom stereocenters. The number of pyridine rings is 2. The molecule has 0 saturated heterocycles. The lowest BCUT2D eigenvalue weighted by Gasteiger charge is -2.30. The monoisotopic (exact) mass is 404 g/mol. The summed E-state index contributed by atoms with van der Waals surface area (Å²) in [6.07, 6.45) is 5.42. The van der Waals surface area contributed by atoms with Gasteiger partial charge in [-0.05, 0) is 38.5 Å². The fourth-order valence-corrected chi connectivity index (χ4v) is 3.83. The molecule has 1 N–H and O–H groups in total. The number of rotatable bonds is 3. The zero-order chi connectivity index (χ0) is 20.8. The lowest BCUT2D eigenvalue weighted by Crippen LogP contribution is -2.32. The summed E-state index contributed by atoms with van der Waals surface area (Å²) in [5, 5.41) is 16.0. The predicted octanol–water partition coefficient (Wildman–Crippen LogP) is 3.28. The molecule has 0 saturated carbocycles. The van der Waals surface area contributed by atoms with Crippen LogP contribution in [-0.2, 0) is 13.0 Å². The minimum Gasteiger partial charge on any atom is -0.352 e. The fourth-order valence-electron chi connectivity index (χ4n) is 3.83. The van der Waals surface area contributed by atoms with Gasteiger partial charge in [0.15, 0.2) is 17.3 Å². The van der Waals surface area contributed by atoms with Gasteiger partial charge in [0.1, 0.15) is 6.33 Å². The molecule has 0 radical (unpaired) electrons. The number of nitrogens with zero attached hydrogens (tertiary/aromatic N) is 7. The predicted molar refractivity (Wildman–Crippen MR) is 111 cm³/mol. The molecule has 0 fully saturated rings. The number of aryl methyl sites for hydroxylation is 2. The molecule has 1 aliphatic rings. The zero-order valence-electron chi connectivity index (χ0n) is 17.0. The molecular weight excluding hydrogens is 383 g/mol. The second-order valence-electron chi connectivity index (χ2n) is 7.60. The van der Waals surface area contributed by atoms with Crippen LogP contribution in [0.2, 0.25) is 0 Å². The average Bonchev–Trinajstić information content (AvgIpc) is 3.22. The Balaban J connectivity index is 1.46. The molecule has 30 heavy (non-hydrogen) atoms. The Labute approximate surface area is 172 Å². The first-order chi connectivity index (χ1) is 14.5. The van der Waals surface area contributed by atoms with Crippen molar-refractivity contribution in [3.63, 3.8) is 0 Å². The van der Waals surface area contributed by atoms with Crippen molar-refractivity contribution >= 4 is 22.8 Å². The van der Waals surface area contributed by atoms with Crippen molar-refractivity contribution in [3.8, 4) is 0 Å². The molecular formula is C21H21FN8. The molecule has 4 aromatic heterocycles. The maximum Gasteiger partial charge on any atom is 0.180 e. The molecule has 4 aromatic rings. The van der Waals surface area contributed by atoms with Crippen LogP contribution in [0.15, 0.2) is 30.9 Å². The molecule has 1 aliphatic heterocycles. The minimum atomic E-state index is -0.391. The third kappa shape index (κ3) is 3.12. The third-order valence-corrected chi connectivity index (χ3v) is 5.58. The van der Waals surface area contributed by atoms with Crippen LogP contribution in [0.25, 0.3) is 5.65 Å². The van der Waals surface area contributed by atoms with Crippen LogP contribution in [0, 0.1) is 26.6 Å². The molecule has 0 aliphatic carbocycles. The summed E-state index contributed by atoms with van der Waals surface area (Å²) < 4.78 is 15.8. The van der Waals surface area contributed by atoms with Crippen molar-refractivity contribution in [1.82, 2.24) is 29.8 Å². The number of hydrogen-bond donors (Lipinski definition) is 1. The first kappa shape index (κ1) is 18.4. The van der Waals surface area contributed by atoms with Crippen LogP contribution in [0.1, 0.15) is 28.1 Å². The van der Waals surface area contributed by atoms with E-state index in [4.69, 9.17) is 5.10 Å². The number of halogens is 1. The summed E-state index contributed by atoms with van der Waals surface area (Å²) >= 11 is 0. The van der Waals surface area contributed by atoms with E-state index in [9.17, 15) is 4.39 Å². The average molecular weight is 404 g/mol. The topological polar surface area (TPSA) is 84.1 Å². The summed E-state index contributed by atoms with van der Waals surface area (Å²) in [6.45, 7) is 7.43. The van der Waals surface area contributed by atoms with Gasteiger partial charge in [-0.2, -0.15) is 4.52 Å². The van der Waals surface area contributed by atoms with Gasteiger partial charge in [0, 0.05) is 42.0 Å². The molecule has 5 heterocycles. The van der Waals surface area contributed by atoms with Crippen LogP contribution < -0.4 is 10.2 Å². The molecule has 152 valence electrons. The van der Waals surface area contributed by atoms with Crippen molar-refractivity contribution in [2.45, 2.75) is 33.7 Å². The Bertz CT molecular complexity index is 1270. The smallest absolute Gasteiger partial charge is 0.180 e. The van der Waals surface area contributed by atoms with E-state index in [1.165, 1.54) is 6.20 Å². The van der Waals surface area contributed by atoms with E-state index in [1.807, 2.05) is 19.9 Å². The van der Waals surface area contributed by atoms with Crippen molar-refractivity contribution in [2.75, 3.05) is 16.8 Å². The van der Waals surface area contributed by atoms with E-state index in [-0.39, 0.29) is 0 Å². The van der Waals surface area contributed by atoms with E-state index < -0.39 is 5.82 Å². The highest BCUT2D eigenvalue weighted by atomic mass is 19.1. The second-order valence-corrected chi connectivity index (χ2v) is 7.60. The normalized spacial score (nSPS) is 13.5. The molecule has 5 rings (SSSR count).